The van der Waals surface area contributed by atoms with Crippen molar-refractivity contribution in [3.8, 4) is 0 Å². The van der Waals surface area contributed by atoms with Gasteiger partial charge in [-0.15, -0.1) is 0 Å². The molecule has 0 saturated heterocycles. The van der Waals surface area contributed by atoms with E-state index in [4.69, 9.17) is 5.84 Å². The summed E-state index contributed by atoms with van der Waals surface area (Å²) in [5.74, 6) is 4.94. The Labute approximate surface area is 57.3 Å². The van der Waals surface area contributed by atoms with Gasteiger partial charge in [0.15, 0.2) is 0 Å². The fraction of sp³-hybridized carbons (Fsp3) is 0.667. The zero-order valence-corrected chi connectivity index (χ0v) is 6.65. The highest BCUT2D eigenvalue weighted by molar-refractivity contribution is 4.90. The van der Waals surface area contributed by atoms with E-state index >= 15 is 0 Å². The Kier molecular flexibility index (Phi) is 12.8. The van der Waals surface area contributed by atoms with Gasteiger partial charge in [-0.3, -0.25) is 5.84 Å². The highest BCUT2D eigenvalue weighted by atomic mass is 15.2. The molecule has 3 nitrogen and oxygen atoms in total. The molecular weight excluding hydrogens is 114 g/mol. The number of hydrogen-bond acceptors (Lipinski definition) is 3. The van der Waals surface area contributed by atoms with Crippen LogP contribution in [0, 0.1) is 0 Å². The lowest BCUT2D eigenvalue weighted by Crippen LogP contribution is -2.16. The van der Waals surface area contributed by atoms with Crippen LogP contribution >= 0.6 is 0 Å². The van der Waals surface area contributed by atoms with Gasteiger partial charge in [-0.05, 0) is 6.92 Å². The minimum atomic E-state index is 1.02. The number of nitrogens with two attached hydrogens (primary N) is 1. The zero-order valence-electron chi connectivity index (χ0n) is 6.65. The summed E-state index contributed by atoms with van der Waals surface area (Å²) in [6.07, 6.45) is 1.68. The van der Waals surface area contributed by atoms with Gasteiger partial charge in [-0.2, -0.15) is 0 Å². The molecule has 0 aliphatic rings. The topological polar surface area (TPSA) is 50.1 Å². The minimum Gasteiger partial charge on any atom is -0.390 e. The Morgan fingerprint density at radius 2 is 1.89 bits per heavy atom. The van der Waals surface area contributed by atoms with Crippen LogP contribution in [0.3, 0.4) is 0 Å². The van der Waals surface area contributed by atoms with Crippen molar-refractivity contribution < 1.29 is 0 Å². The first-order chi connectivity index (χ1) is 4.31. The van der Waals surface area contributed by atoms with E-state index in [1.807, 2.05) is 27.8 Å². The van der Waals surface area contributed by atoms with Crippen LogP contribution in [0.1, 0.15) is 20.8 Å². The third kappa shape index (κ3) is 11.1. The van der Waals surface area contributed by atoms with E-state index in [1.54, 1.807) is 6.20 Å². The van der Waals surface area contributed by atoms with Gasteiger partial charge < -0.3 is 10.7 Å². The largest absolute Gasteiger partial charge is 0.390 e. The lowest BCUT2D eigenvalue weighted by molar-refractivity contribution is 0.897. The Morgan fingerprint density at radius 3 is 2.00 bits per heavy atom. The molecule has 0 radical (unpaired) electrons. The van der Waals surface area contributed by atoms with Crippen LogP contribution in [0.4, 0.5) is 0 Å². The smallest absolute Gasteiger partial charge is 0.0309 e. The molecule has 0 unspecified atom stereocenters. The third-order valence-electron chi connectivity index (χ3n) is 0.694. The average Bonchev–Trinajstić information content (AvgIpc) is 1.93. The summed E-state index contributed by atoms with van der Waals surface area (Å²) in [4.78, 5) is 0. The van der Waals surface area contributed by atoms with E-state index in [-0.39, 0.29) is 0 Å². The van der Waals surface area contributed by atoms with Gasteiger partial charge in [0.05, 0.1) is 0 Å². The van der Waals surface area contributed by atoms with Gasteiger partial charge >= 0.3 is 0 Å². The van der Waals surface area contributed by atoms with Gasteiger partial charge in [-0.25, -0.2) is 0 Å². The van der Waals surface area contributed by atoms with Crippen LogP contribution in [0.2, 0.25) is 0 Å². The van der Waals surface area contributed by atoms with Crippen LogP contribution in [0.25, 0.3) is 0 Å². The van der Waals surface area contributed by atoms with Crippen LogP contribution in [0.15, 0.2) is 11.9 Å². The quantitative estimate of drug-likeness (QED) is 0.379. The van der Waals surface area contributed by atoms with E-state index in [0.717, 1.165) is 5.70 Å². The van der Waals surface area contributed by atoms with Crippen molar-refractivity contribution in [2.75, 3.05) is 7.05 Å². The Balaban J connectivity index is 0. The molecule has 0 atom stereocenters. The van der Waals surface area contributed by atoms with Gasteiger partial charge in [0, 0.05) is 18.9 Å². The normalized spacial score (nSPS) is 9.22. The second kappa shape index (κ2) is 10.3. The van der Waals surface area contributed by atoms with Crippen molar-refractivity contribution in [1.29, 1.82) is 0 Å². The fourth-order valence-corrected chi connectivity index (χ4v) is 0.197. The molecule has 0 aromatic carbocycles. The molecule has 0 amide bonds. The first-order valence-electron chi connectivity index (χ1n) is 3.12. The Morgan fingerprint density at radius 1 is 1.44 bits per heavy atom. The molecule has 4 N–H and O–H groups in total. The summed E-state index contributed by atoms with van der Waals surface area (Å²) in [5, 5.41) is 2.88. The van der Waals surface area contributed by atoms with E-state index < -0.39 is 0 Å². The lowest BCUT2D eigenvalue weighted by atomic mass is 10.5. The summed E-state index contributed by atoms with van der Waals surface area (Å²) in [6, 6.07) is 0. The van der Waals surface area contributed by atoms with Crippen LogP contribution in [0.5, 0.6) is 0 Å². The van der Waals surface area contributed by atoms with Crippen LogP contribution in [-0.4, -0.2) is 7.05 Å². The maximum absolute atomic E-state index is 4.94. The Hall–Kier alpha value is -0.700. The van der Waals surface area contributed by atoms with Crippen molar-refractivity contribution in [3.63, 3.8) is 0 Å². The molecule has 0 aromatic heterocycles. The molecule has 0 aromatic rings. The Bertz CT molecular complexity index is 68.7. The average molecular weight is 131 g/mol. The zero-order chi connectivity index (χ0) is 7.70. The second-order valence-electron chi connectivity index (χ2n) is 1.24. The molecule has 0 rings (SSSR count). The summed E-state index contributed by atoms with van der Waals surface area (Å²) < 4.78 is 0. The molecule has 56 valence electrons. The van der Waals surface area contributed by atoms with Gasteiger partial charge in [0.2, 0.25) is 0 Å². The number of allylic oxidation sites excluding steroid dienone is 1. The number of hydrazine groups is 1. The van der Waals surface area contributed by atoms with Crippen molar-refractivity contribution >= 4 is 0 Å². The number of rotatable bonds is 2. The highest BCUT2D eigenvalue weighted by Gasteiger charge is 1.73. The van der Waals surface area contributed by atoms with Crippen LogP contribution < -0.4 is 16.6 Å². The molecule has 0 aliphatic carbocycles. The molecule has 3 heteroatoms. The van der Waals surface area contributed by atoms with Crippen molar-refractivity contribution in [2.45, 2.75) is 20.8 Å². The maximum Gasteiger partial charge on any atom is 0.0309 e. The lowest BCUT2D eigenvalue weighted by Gasteiger charge is -1.95. The first-order valence-corrected chi connectivity index (χ1v) is 3.12. The van der Waals surface area contributed by atoms with E-state index in [1.165, 1.54) is 0 Å². The van der Waals surface area contributed by atoms with Crippen LogP contribution in [-0.2, 0) is 0 Å². The number of nitrogens with one attached hydrogen (secondary N) is 2. The van der Waals surface area contributed by atoms with Crippen molar-refractivity contribution in [1.82, 2.24) is 10.7 Å². The molecule has 9 heavy (non-hydrogen) atoms. The maximum atomic E-state index is 4.94. The predicted octanol–water partition coefficient (Wildman–Crippen LogP) is 0.557. The SMILES string of the molecule is CC.CN/C(C)=C\NN. The highest BCUT2D eigenvalue weighted by Crippen LogP contribution is 1.75. The third-order valence-corrected chi connectivity index (χ3v) is 0.694. The van der Waals surface area contributed by atoms with E-state index in [9.17, 15) is 0 Å². The van der Waals surface area contributed by atoms with Gasteiger partial charge in [0.1, 0.15) is 0 Å². The summed E-state index contributed by atoms with van der Waals surface area (Å²) in [5.41, 5.74) is 3.41. The molecule has 0 spiro atoms. The second-order valence-corrected chi connectivity index (χ2v) is 1.24. The van der Waals surface area contributed by atoms with Gasteiger partial charge in [0.25, 0.3) is 0 Å². The summed E-state index contributed by atoms with van der Waals surface area (Å²) in [6.45, 7) is 5.92. The standard InChI is InChI=1S/C4H11N3.C2H6/c1-4(6-2)3-7-5;1-2/h3,6-7H,5H2,1-2H3;1-2H3/b4-3-;. The molecule has 0 fully saturated rings. The molecular formula is C6H17N3. The molecule has 0 aliphatic heterocycles. The van der Waals surface area contributed by atoms with E-state index in [0.29, 0.717) is 0 Å². The minimum absolute atomic E-state index is 1.02. The molecule has 0 bridgehead atoms. The van der Waals surface area contributed by atoms with E-state index in [2.05, 4.69) is 10.7 Å². The fourth-order valence-electron chi connectivity index (χ4n) is 0.197. The van der Waals surface area contributed by atoms with Crippen molar-refractivity contribution in [2.24, 2.45) is 5.84 Å². The summed E-state index contributed by atoms with van der Waals surface area (Å²) in [7, 11) is 1.84. The van der Waals surface area contributed by atoms with Gasteiger partial charge in [-0.1, -0.05) is 13.8 Å². The number of hydrogen-bond donors (Lipinski definition) is 3. The molecule has 0 saturated carbocycles. The first kappa shape index (κ1) is 11.1. The predicted molar refractivity (Wildman–Crippen MR) is 41.5 cm³/mol. The van der Waals surface area contributed by atoms with Crippen molar-refractivity contribution in [3.05, 3.63) is 11.9 Å². The monoisotopic (exact) mass is 131 g/mol. The molecule has 0 heterocycles. The summed E-state index contributed by atoms with van der Waals surface area (Å²) >= 11 is 0.